The third-order valence-electron chi connectivity index (χ3n) is 2.81. The first-order valence-electron chi connectivity index (χ1n) is 6.19. The quantitative estimate of drug-likeness (QED) is 0.652. The molecule has 1 atom stereocenters. The number of hydrogen-bond acceptors (Lipinski definition) is 5. The minimum Gasteiger partial charge on any atom is -0.394 e. The standard InChI is InChI=1S/C14H14ClN3O2S/c1-21-14-16-7-10(15)12(18-14)13(20)17-11(8-19)9-5-3-2-4-6-9/h2-7,11,19H,8H2,1H3,(H,17,20). The highest BCUT2D eigenvalue weighted by atomic mass is 35.5. The van der Waals surface area contributed by atoms with Crippen molar-refractivity contribution >= 4 is 29.3 Å². The number of aromatic nitrogens is 2. The molecule has 0 spiro atoms. The summed E-state index contributed by atoms with van der Waals surface area (Å²) in [5.74, 6) is -0.444. The Hall–Kier alpha value is -1.63. The molecule has 1 heterocycles. The van der Waals surface area contributed by atoms with Gasteiger partial charge >= 0.3 is 0 Å². The van der Waals surface area contributed by atoms with E-state index in [1.54, 1.807) is 0 Å². The number of halogens is 1. The molecule has 1 unspecified atom stereocenters. The normalized spacial score (nSPS) is 12.0. The lowest BCUT2D eigenvalue weighted by atomic mass is 10.1. The smallest absolute Gasteiger partial charge is 0.272 e. The lowest BCUT2D eigenvalue weighted by molar-refractivity contribution is 0.0910. The van der Waals surface area contributed by atoms with Gasteiger partial charge in [-0.1, -0.05) is 53.7 Å². The van der Waals surface area contributed by atoms with Gasteiger partial charge in [0.1, 0.15) is 0 Å². The van der Waals surface area contributed by atoms with Crippen molar-refractivity contribution in [3.05, 3.63) is 52.8 Å². The number of nitrogens with one attached hydrogen (secondary N) is 1. The van der Waals surface area contributed by atoms with Crippen LogP contribution in [0.2, 0.25) is 5.02 Å². The van der Waals surface area contributed by atoms with Crippen LogP contribution in [0.5, 0.6) is 0 Å². The number of hydrogen-bond donors (Lipinski definition) is 2. The molecule has 0 aliphatic rings. The fourth-order valence-corrected chi connectivity index (χ4v) is 2.27. The summed E-state index contributed by atoms with van der Waals surface area (Å²) in [6, 6.07) is 8.70. The maximum Gasteiger partial charge on any atom is 0.272 e. The predicted molar refractivity (Wildman–Crippen MR) is 82.6 cm³/mol. The van der Waals surface area contributed by atoms with Crippen molar-refractivity contribution in [1.29, 1.82) is 0 Å². The average Bonchev–Trinajstić information content (AvgIpc) is 2.53. The number of carbonyl (C=O) groups excluding carboxylic acids is 1. The molecule has 1 aromatic carbocycles. The fourth-order valence-electron chi connectivity index (χ4n) is 1.75. The zero-order valence-electron chi connectivity index (χ0n) is 11.3. The molecule has 0 saturated heterocycles. The summed E-state index contributed by atoms with van der Waals surface area (Å²) in [6.07, 6.45) is 3.21. The van der Waals surface area contributed by atoms with Crippen molar-refractivity contribution in [2.24, 2.45) is 0 Å². The van der Waals surface area contributed by atoms with Crippen molar-refractivity contribution < 1.29 is 9.90 Å². The zero-order chi connectivity index (χ0) is 15.2. The molecule has 2 N–H and O–H groups in total. The number of benzene rings is 1. The SMILES string of the molecule is CSc1ncc(Cl)c(C(=O)NC(CO)c2ccccc2)n1. The van der Waals surface area contributed by atoms with Gasteiger partial charge in [-0.15, -0.1) is 0 Å². The van der Waals surface area contributed by atoms with Crippen molar-refractivity contribution in [3.63, 3.8) is 0 Å². The van der Waals surface area contributed by atoms with E-state index in [0.29, 0.717) is 5.16 Å². The van der Waals surface area contributed by atoms with Gasteiger partial charge in [0, 0.05) is 0 Å². The molecule has 1 amide bonds. The van der Waals surface area contributed by atoms with Crippen LogP contribution < -0.4 is 5.32 Å². The minimum atomic E-state index is -0.512. The van der Waals surface area contributed by atoms with Crippen LogP contribution in [0.4, 0.5) is 0 Å². The first kappa shape index (κ1) is 15.8. The second-order valence-corrected chi connectivity index (χ2v) is 5.35. The van der Waals surface area contributed by atoms with Crippen LogP contribution in [-0.4, -0.2) is 33.8 Å². The van der Waals surface area contributed by atoms with Crippen LogP contribution in [0.3, 0.4) is 0 Å². The molecule has 2 aromatic rings. The molecule has 0 bridgehead atoms. The van der Waals surface area contributed by atoms with E-state index in [4.69, 9.17) is 11.6 Å². The summed E-state index contributed by atoms with van der Waals surface area (Å²) in [7, 11) is 0. The van der Waals surface area contributed by atoms with Crippen LogP contribution in [0.25, 0.3) is 0 Å². The van der Waals surface area contributed by atoms with Crippen molar-refractivity contribution in [3.8, 4) is 0 Å². The van der Waals surface area contributed by atoms with E-state index >= 15 is 0 Å². The van der Waals surface area contributed by atoms with E-state index in [2.05, 4.69) is 15.3 Å². The van der Waals surface area contributed by atoms with Crippen LogP contribution in [0.1, 0.15) is 22.1 Å². The second kappa shape index (κ2) is 7.40. The van der Waals surface area contributed by atoms with Crippen molar-refractivity contribution in [2.45, 2.75) is 11.2 Å². The van der Waals surface area contributed by atoms with Crippen molar-refractivity contribution in [2.75, 3.05) is 12.9 Å². The first-order chi connectivity index (χ1) is 10.2. The molecule has 0 aliphatic heterocycles. The first-order valence-corrected chi connectivity index (χ1v) is 7.79. The van der Waals surface area contributed by atoms with Crippen LogP contribution in [-0.2, 0) is 0 Å². The molecular weight excluding hydrogens is 310 g/mol. The average molecular weight is 324 g/mol. The number of rotatable bonds is 5. The van der Waals surface area contributed by atoms with Gasteiger partial charge in [-0.2, -0.15) is 0 Å². The third kappa shape index (κ3) is 3.93. The molecule has 0 aliphatic carbocycles. The Balaban J connectivity index is 2.20. The van der Waals surface area contributed by atoms with Gasteiger partial charge in [0.2, 0.25) is 0 Å². The maximum absolute atomic E-state index is 12.3. The maximum atomic E-state index is 12.3. The number of thioether (sulfide) groups is 1. The number of nitrogens with zero attached hydrogens (tertiary/aromatic N) is 2. The monoisotopic (exact) mass is 323 g/mol. The molecule has 1 aromatic heterocycles. The Labute approximate surface area is 131 Å². The molecular formula is C14H14ClN3O2S. The van der Waals surface area contributed by atoms with Gasteiger partial charge < -0.3 is 10.4 Å². The summed E-state index contributed by atoms with van der Waals surface area (Å²) in [5, 5.41) is 12.8. The molecule has 2 rings (SSSR count). The highest BCUT2D eigenvalue weighted by Gasteiger charge is 2.19. The fraction of sp³-hybridized carbons (Fsp3) is 0.214. The molecule has 7 heteroatoms. The van der Waals surface area contributed by atoms with Crippen LogP contribution >= 0.6 is 23.4 Å². The van der Waals surface area contributed by atoms with Gasteiger partial charge in [0.05, 0.1) is 23.9 Å². The highest BCUT2D eigenvalue weighted by molar-refractivity contribution is 7.98. The summed E-state index contributed by atoms with van der Waals surface area (Å²) >= 11 is 7.28. The van der Waals surface area contributed by atoms with Crippen LogP contribution in [0.15, 0.2) is 41.7 Å². The Kier molecular flexibility index (Phi) is 5.55. The van der Waals surface area contributed by atoms with Gasteiger partial charge in [0.15, 0.2) is 10.9 Å². The summed E-state index contributed by atoms with van der Waals surface area (Å²) in [4.78, 5) is 20.4. The number of aliphatic hydroxyl groups is 1. The number of aliphatic hydroxyl groups excluding tert-OH is 1. The van der Waals surface area contributed by atoms with Crippen LogP contribution in [0, 0.1) is 0 Å². The number of carbonyl (C=O) groups is 1. The third-order valence-corrected chi connectivity index (χ3v) is 3.65. The van der Waals surface area contributed by atoms with Gasteiger partial charge in [-0.25, -0.2) is 9.97 Å². The molecule has 21 heavy (non-hydrogen) atoms. The van der Waals surface area contributed by atoms with Gasteiger partial charge in [0.25, 0.3) is 5.91 Å². The largest absolute Gasteiger partial charge is 0.394 e. The van der Waals surface area contributed by atoms with E-state index in [-0.39, 0.29) is 17.3 Å². The second-order valence-electron chi connectivity index (χ2n) is 4.17. The van der Waals surface area contributed by atoms with E-state index in [0.717, 1.165) is 5.56 Å². The zero-order valence-corrected chi connectivity index (χ0v) is 12.9. The highest BCUT2D eigenvalue weighted by Crippen LogP contribution is 2.18. The Morgan fingerprint density at radius 3 is 2.76 bits per heavy atom. The molecule has 0 saturated carbocycles. The molecule has 110 valence electrons. The Morgan fingerprint density at radius 1 is 1.43 bits per heavy atom. The lowest BCUT2D eigenvalue weighted by Gasteiger charge is -2.16. The Morgan fingerprint density at radius 2 is 2.14 bits per heavy atom. The summed E-state index contributed by atoms with van der Waals surface area (Å²) < 4.78 is 0. The summed E-state index contributed by atoms with van der Waals surface area (Å²) in [5.41, 5.74) is 0.911. The Bertz CT molecular complexity index is 625. The van der Waals surface area contributed by atoms with E-state index < -0.39 is 11.9 Å². The van der Waals surface area contributed by atoms with Gasteiger partial charge in [-0.05, 0) is 11.8 Å². The van der Waals surface area contributed by atoms with Gasteiger partial charge in [-0.3, -0.25) is 4.79 Å². The molecule has 5 nitrogen and oxygen atoms in total. The van der Waals surface area contributed by atoms with E-state index in [9.17, 15) is 9.90 Å². The molecule has 0 fully saturated rings. The summed E-state index contributed by atoms with van der Waals surface area (Å²) in [6.45, 7) is -0.214. The topological polar surface area (TPSA) is 75.1 Å². The number of amides is 1. The van der Waals surface area contributed by atoms with Crippen molar-refractivity contribution in [1.82, 2.24) is 15.3 Å². The predicted octanol–water partition coefficient (Wildman–Crippen LogP) is 2.32. The minimum absolute atomic E-state index is 0.102. The van der Waals surface area contributed by atoms with E-state index in [1.165, 1.54) is 18.0 Å². The van der Waals surface area contributed by atoms with E-state index in [1.807, 2.05) is 36.6 Å². The molecule has 0 radical (unpaired) electrons. The lowest BCUT2D eigenvalue weighted by Crippen LogP contribution is -2.31.